The third-order valence-corrected chi connectivity index (χ3v) is 2.82. The molecule has 0 radical (unpaired) electrons. The zero-order chi connectivity index (χ0) is 12.0. The monoisotopic (exact) mass is 221 g/mol. The SMILES string of the molecule is C=CCCC(CCC)Nc1cc(C)n(C)n1. The second-order valence-electron chi connectivity index (χ2n) is 4.29. The first kappa shape index (κ1) is 12.8. The van der Waals surface area contributed by atoms with Crippen molar-refractivity contribution in [3.05, 3.63) is 24.4 Å². The van der Waals surface area contributed by atoms with Gasteiger partial charge in [0, 0.05) is 24.8 Å². The quantitative estimate of drug-likeness (QED) is 0.716. The summed E-state index contributed by atoms with van der Waals surface area (Å²) in [6, 6.07) is 2.61. The van der Waals surface area contributed by atoms with Crippen LogP contribution in [0.4, 0.5) is 5.82 Å². The Balaban J connectivity index is 2.55. The van der Waals surface area contributed by atoms with Crippen molar-refractivity contribution in [3.63, 3.8) is 0 Å². The van der Waals surface area contributed by atoms with Gasteiger partial charge in [-0.3, -0.25) is 4.68 Å². The van der Waals surface area contributed by atoms with Gasteiger partial charge in [-0.05, 0) is 26.2 Å². The lowest BCUT2D eigenvalue weighted by molar-refractivity contribution is 0.596. The average Bonchev–Trinajstić information content (AvgIpc) is 2.55. The fourth-order valence-corrected chi connectivity index (χ4v) is 1.80. The van der Waals surface area contributed by atoms with Gasteiger partial charge in [-0.1, -0.05) is 19.4 Å². The van der Waals surface area contributed by atoms with Gasteiger partial charge in [0.05, 0.1) is 0 Å². The van der Waals surface area contributed by atoms with Crippen molar-refractivity contribution >= 4 is 5.82 Å². The van der Waals surface area contributed by atoms with Crippen LogP contribution in [0.25, 0.3) is 0 Å². The van der Waals surface area contributed by atoms with Crippen LogP contribution in [0.15, 0.2) is 18.7 Å². The van der Waals surface area contributed by atoms with Gasteiger partial charge in [-0.2, -0.15) is 5.10 Å². The minimum absolute atomic E-state index is 0.511. The maximum Gasteiger partial charge on any atom is 0.148 e. The van der Waals surface area contributed by atoms with Crippen LogP contribution >= 0.6 is 0 Å². The topological polar surface area (TPSA) is 29.9 Å². The molecular weight excluding hydrogens is 198 g/mol. The number of hydrogen-bond acceptors (Lipinski definition) is 2. The molecule has 3 nitrogen and oxygen atoms in total. The number of nitrogens with zero attached hydrogens (tertiary/aromatic N) is 2. The largest absolute Gasteiger partial charge is 0.366 e. The van der Waals surface area contributed by atoms with Crippen LogP contribution in [0.2, 0.25) is 0 Å². The highest BCUT2D eigenvalue weighted by Crippen LogP contribution is 2.14. The summed E-state index contributed by atoms with van der Waals surface area (Å²) in [6.07, 6.45) is 6.55. The fraction of sp³-hybridized carbons (Fsp3) is 0.615. The first-order valence-corrected chi connectivity index (χ1v) is 6.05. The molecule has 0 spiro atoms. The van der Waals surface area contributed by atoms with Gasteiger partial charge in [0.2, 0.25) is 0 Å². The molecular formula is C13H23N3. The molecule has 3 heteroatoms. The maximum absolute atomic E-state index is 4.42. The minimum atomic E-state index is 0.511. The molecule has 0 aromatic carbocycles. The van der Waals surface area contributed by atoms with E-state index in [9.17, 15) is 0 Å². The third kappa shape index (κ3) is 3.72. The molecule has 0 saturated carbocycles. The molecule has 0 bridgehead atoms. The van der Waals surface area contributed by atoms with E-state index in [-0.39, 0.29) is 0 Å². The zero-order valence-electron chi connectivity index (χ0n) is 10.7. The lowest BCUT2D eigenvalue weighted by atomic mass is 10.1. The molecule has 0 fully saturated rings. The molecule has 1 aromatic heterocycles. The van der Waals surface area contributed by atoms with E-state index in [1.54, 1.807) is 0 Å². The van der Waals surface area contributed by atoms with E-state index in [1.807, 2.05) is 17.8 Å². The summed E-state index contributed by atoms with van der Waals surface area (Å²) in [5.74, 6) is 0.988. The van der Waals surface area contributed by atoms with Gasteiger partial charge in [0.1, 0.15) is 5.82 Å². The van der Waals surface area contributed by atoms with E-state index in [0.29, 0.717) is 6.04 Å². The molecule has 0 aliphatic rings. The molecule has 0 amide bonds. The first-order chi connectivity index (χ1) is 7.67. The van der Waals surface area contributed by atoms with Gasteiger partial charge >= 0.3 is 0 Å². The molecule has 1 atom stereocenters. The van der Waals surface area contributed by atoms with Gasteiger partial charge in [0.15, 0.2) is 0 Å². The highest BCUT2D eigenvalue weighted by molar-refractivity contribution is 5.36. The van der Waals surface area contributed by atoms with Crippen molar-refractivity contribution in [1.82, 2.24) is 9.78 Å². The molecule has 90 valence electrons. The summed E-state index contributed by atoms with van der Waals surface area (Å²) < 4.78 is 1.90. The van der Waals surface area contributed by atoms with Gasteiger partial charge in [0.25, 0.3) is 0 Å². The summed E-state index contributed by atoms with van der Waals surface area (Å²) in [5, 5.41) is 7.92. The standard InChI is InChI=1S/C13H23N3/c1-5-7-9-12(8-6-2)14-13-10-11(3)16(4)15-13/h5,10,12H,1,6-9H2,2-4H3,(H,14,15). The normalized spacial score (nSPS) is 12.4. The van der Waals surface area contributed by atoms with E-state index in [1.165, 1.54) is 18.5 Å². The Morgan fingerprint density at radius 2 is 2.31 bits per heavy atom. The molecule has 1 unspecified atom stereocenters. The van der Waals surface area contributed by atoms with Crippen molar-refractivity contribution in [2.24, 2.45) is 7.05 Å². The van der Waals surface area contributed by atoms with Crippen LogP contribution in [0.5, 0.6) is 0 Å². The Morgan fingerprint density at radius 3 is 2.81 bits per heavy atom. The van der Waals surface area contributed by atoms with Gasteiger partial charge in [-0.25, -0.2) is 0 Å². The van der Waals surface area contributed by atoms with E-state index in [0.717, 1.165) is 18.7 Å². The smallest absolute Gasteiger partial charge is 0.148 e. The highest BCUT2D eigenvalue weighted by Gasteiger charge is 2.09. The van der Waals surface area contributed by atoms with Gasteiger partial charge < -0.3 is 5.32 Å². The summed E-state index contributed by atoms with van der Waals surface area (Å²) in [6.45, 7) is 8.05. The van der Waals surface area contributed by atoms with Crippen LogP contribution in [-0.4, -0.2) is 15.8 Å². The molecule has 1 aromatic rings. The van der Waals surface area contributed by atoms with E-state index in [2.05, 4.69) is 36.9 Å². The van der Waals surface area contributed by atoms with E-state index < -0.39 is 0 Å². The zero-order valence-corrected chi connectivity index (χ0v) is 10.7. The Hall–Kier alpha value is -1.25. The second kappa shape index (κ2) is 6.36. The molecule has 0 aliphatic heterocycles. The van der Waals surface area contributed by atoms with Crippen LogP contribution in [0.1, 0.15) is 38.3 Å². The summed E-state index contributed by atoms with van der Waals surface area (Å²) in [5.41, 5.74) is 1.18. The van der Waals surface area contributed by atoms with Crippen molar-refractivity contribution in [3.8, 4) is 0 Å². The predicted octanol–water partition coefficient (Wildman–Crippen LogP) is 3.28. The van der Waals surface area contributed by atoms with Gasteiger partial charge in [-0.15, -0.1) is 6.58 Å². The van der Waals surface area contributed by atoms with Crippen LogP contribution < -0.4 is 5.32 Å². The van der Waals surface area contributed by atoms with Crippen molar-refractivity contribution in [2.45, 2.75) is 45.6 Å². The predicted molar refractivity (Wildman–Crippen MR) is 69.7 cm³/mol. The Labute approximate surface area is 98.5 Å². The Morgan fingerprint density at radius 1 is 1.56 bits per heavy atom. The van der Waals surface area contributed by atoms with Crippen molar-refractivity contribution in [1.29, 1.82) is 0 Å². The maximum atomic E-state index is 4.42. The molecule has 0 aliphatic carbocycles. The first-order valence-electron chi connectivity index (χ1n) is 6.05. The lowest BCUT2D eigenvalue weighted by Gasteiger charge is -2.16. The average molecular weight is 221 g/mol. The minimum Gasteiger partial charge on any atom is -0.366 e. The van der Waals surface area contributed by atoms with Crippen LogP contribution in [-0.2, 0) is 7.05 Å². The number of hydrogen-bond donors (Lipinski definition) is 1. The van der Waals surface area contributed by atoms with Crippen LogP contribution in [0, 0.1) is 6.92 Å². The van der Waals surface area contributed by atoms with Crippen LogP contribution in [0.3, 0.4) is 0 Å². The number of aryl methyl sites for hydroxylation is 2. The number of aromatic nitrogens is 2. The van der Waals surface area contributed by atoms with Crippen molar-refractivity contribution in [2.75, 3.05) is 5.32 Å². The summed E-state index contributed by atoms with van der Waals surface area (Å²) >= 11 is 0. The number of allylic oxidation sites excluding steroid dienone is 1. The Kier molecular flexibility index (Phi) is 5.09. The summed E-state index contributed by atoms with van der Waals surface area (Å²) in [7, 11) is 1.97. The lowest BCUT2D eigenvalue weighted by Crippen LogP contribution is -2.19. The van der Waals surface area contributed by atoms with E-state index >= 15 is 0 Å². The number of rotatable bonds is 7. The second-order valence-corrected chi connectivity index (χ2v) is 4.29. The molecule has 1 N–H and O–H groups in total. The highest BCUT2D eigenvalue weighted by atomic mass is 15.3. The Bertz CT molecular complexity index is 308. The summed E-state index contributed by atoms with van der Waals surface area (Å²) in [4.78, 5) is 0. The third-order valence-electron chi connectivity index (χ3n) is 2.82. The molecule has 1 rings (SSSR count). The molecule has 16 heavy (non-hydrogen) atoms. The number of anilines is 1. The van der Waals surface area contributed by atoms with Crippen molar-refractivity contribution < 1.29 is 0 Å². The fourth-order valence-electron chi connectivity index (χ4n) is 1.80. The molecule has 1 heterocycles. The molecule has 0 saturated heterocycles. The van der Waals surface area contributed by atoms with E-state index in [4.69, 9.17) is 0 Å². The number of nitrogens with one attached hydrogen (secondary N) is 1.